The van der Waals surface area contributed by atoms with Crippen LogP contribution in [0.3, 0.4) is 0 Å². The Labute approximate surface area is 117 Å². The maximum Gasteiger partial charge on any atom is 0.314 e. The van der Waals surface area contributed by atoms with E-state index in [1.165, 1.54) is 0 Å². The first-order chi connectivity index (χ1) is 9.49. The van der Waals surface area contributed by atoms with Gasteiger partial charge in [-0.25, -0.2) is 4.79 Å². The van der Waals surface area contributed by atoms with Gasteiger partial charge in [0.2, 0.25) is 5.91 Å². The highest BCUT2D eigenvalue weighted by atomic mass is 16.2. The molecule has 3 heterocycles. The number of piperidine rings is 1. The van der Waals surface area contributed by atoms with E-state index in [9.17, 15) is 9.59 Å². The fourth-order valence-electron chi connectivity index (χ4n) is 3.26. The van der Waals surface area contributed by atoms with Crippen LogP contribution in [-0.4, -0.2) is 45.2 Å². The number of amides is 3. The second-order valence-corrected chi connectivity index (χ2v) is 5.80. The van der Waals surface area contributed by atoms with Crippen molar-refractivity contribution in [3.05, 3.63) is 18.0 Å². The lowest BCUT2D eigenvalue weighted by Crippen LogP contribution is -2.53. The lowest BCUT2D eigenvalue weighted by atomic mass is 9.82. The highest BCUT2D eigenvalue weighted by Gasteiger charge is 2.46. The fourth-order valence-corrected chi connectivity index (χ4v) is 3.26. The van der Waals surface area contributed by atoms with Crippen molar-refractivity contribution in [3.8, 4) is 0 Å². The van der Waals surface area contributed by atoms with E-state index in [4.69, 9.17) is 5.73 Å². The molecule has 0 bridgehead atoms. The van der Waals surface area contributed by atoms with E-state index in [0.29, 0.717) is 13.1 Å². The summed E-state index contributed by atoms with van der Waals surface area (Å²) in [5.74, 6) is -0.0747. The summed E-state index contributed by atoms with van der Waals surface area (Å²) in [6.45, 7) is 1.21. The molecule has 0 radical (unpaired) electrons. The second kappa shape index (κ2) is 4.50. The van der Waals surface area contributed by atoms with E-state index in [1.807, 2.05) is 13.2 Å². The third-order valence-corrected chi connectivity index (χ3v) is 4.46. The van der Waals surface area contributed by atoms with Gasteiger partial charge in [-0.1, -0.05) is 0 Å². The van der Waals surface area contributed by atoms with Crippen LogP contribution in [0.2, 0.25) is 0 Å². The van der Waals surface area contributed by atoms with Gasteiger partial charge in [-0.2, -0.15) is 5.10 Å². The van der Waals surface area contributed by atoms with Crippen LogP contribution in [0.4, 0.5) is 4.79 Å². The van der Waals surface area contributed by atoms with Gasteiger partial charge in [0.1, 0.15) is 0 Å². The molecule has 1 aromatic heterocycles. The molecule has 7 heteroatoms. The topological polar surface area (TPSA) is 93.2 Å². The summed E-state index contributed by atoms with van der Waals surface area (Å²) in [5.41, 5.74) is 6.06. The minimum Gasteiger partial charge on any atom is -0.351 e. The summed E-state index contributed by atoms with van der Waals surface area (Å²) < 4.78 is 1.71. The number of hydrogen-bond acceptors (Lipinski definition) is 3. The maximum atomic E-state index is 12.2. The largest absolute Gasteiger partial charge is 0.351 e. The number of urea groups is 1. The Morgan fingerprint density at radius 1 is 1.50 bits per heavy atom. The average Bonchev–Trinajstić information content (AvgIpc) is 2.95. The van der Waals surface area contributed by atoms with Crippen molar-refractivity contribution in [2.45, 2.75) is 30.7 Å². The lowest BCUT2D eigenvalue weighted by molar-refractivity contribution is -0.121. The summed E-state index contributed by atoms with van der Waals surface area (Å²) in [7, 11) is 1.84. The smallest absolute Gasteiger partial charge is 0.314 e. The highest BCUT2D eigenvalue weighted by Crippen LogP contribution is 2.38. The molecule has 20 heavy (non-hydrogen) atoms. The molecule has 7 nitrogen and oxygen atoms in total. The first-order valence-corrected chi connectivity index (χ1v) is 6.84. The van der Waals surface area contributed by atoms with Gasteiger partial charge in [0.15, 0.2) is 0 Å². The van der Waals surface area contributed by atoms with Crippen LogP contribution < -0.4 is 11.1 Å². The SMILES string of the molecule is Cn1cc(C2CC3(CCN(C(N)=O)CC3)NC2=O)cn1. The van der Waals surface area contributed by atoms with Gasteiger partial charge in [0.05, 0.1) is 12.1 Å². The number of nitrogens with one attached hydrogen (secondary N) is 1. The summed E-state index contributed by atoms with van der Waals surface area (Å²) in [5, 5.41) is 7.26. The van der Waals surface area contributed by atoms with Crippen molar-refractivity contribution >= 4 is 11.9 Å². The van der Waals surface area contributed by atoms with Gasteiger partial charge in [-0.05, 0) is 19.3 Å². The number of primary amides is 1. The molecule has 3 amide bonds. The Kier molecular flexibility index (Phi) is 2.92. The third kappa shape index (κ3) is 2.13. The van der Waals surface area contributed by atoms with Crippen molar-refractivity contribution in [3.63, 3.8) is 0 Å². The summed E-state index contributed by atoms with van der Waals surface area (Å²) in [4.78, 5) is 25.0. The fraction of sp³-hybridized carbons (Fsp3) is 0.615. The molecule has 1 spiro atoms. The second-order valence-electron chi connectivity index (χ2n) is 5.80. The van der Waals surface area contributed by atoms with Crippen molar-refractivity contribution < 1.29 is 9.59 Å². The molecule has 1 atom stereocenters. The van der Waals surface area contributed by atoms with E-state index in [2.05, 4.69) is 10.4 Å². The summed E-state index contributed by atoms with van der Waals surface area (Å²) in [6.07, 6.45) is 5.94. The van der Waals surface area contributed by atoms with Gasteiger partial charge in [-0.3, -0.25) is 9.48 Å². The molecule has 108 valence electrons. The van der Waals surface area contributed by atoms with E-state index in [1.54, 1.807) is 15.8 Å². The van der Waals surface area contributed by atoms with Crippen LogP contribution in [0.25, 0.3) is 0 Å². The third-order valence-electron chi connectivity index (χ3n) is 4.46. The van der Waals surface area contributed by atoms with E-state index >= 15 is 0 Å². The van der Waals surface area contributed by atoms with Crippen molar-refractivity contribution in [1.29, 1.82) is 0 Å². The average molecular weight is 277 g/mol. The van der Waals surface area contributed by atoms with Crippen LogP contribution >= 0.6 is 0 Å². The summed E-state index contributed by atoms with van der Waals surface area (Å²) in [6, 6.07) is -0.381. The molecule has 2 fully saturated rings. The molecule has 0 aliphatic carbocycles. The molecule has 2 aliphatic rings. The molecule has 2 aliphatic heterocycles. The minimum absolute atomic E-state index is 0.0607. The standard InChI is InChI=1S/C13H19N5O2/c1-17-8-9(7-15-17)10-6-13(16-11(10)19)2-4-18(5-3-13)12(14)20/h7-8,10H,2-6H2,1H3,(H2,14,20)(H,16,19). The van der Waals surface area contributed by atoms with Crippen LogP contribution in [-0.2, 0) is 11.8 Å². The molecular formula is C13H19N5O2. The van der Waals surface area contributed by atoms with Crippen LogP contribution in [0.5, 0.6) is 0 Å². The molecule has 0 saturated carbocycles. The van der Waals surface area contributed by atoms with Gasteiger partial charge in [0, 0.05) is 37.4 Å². The van der Waals surface area contributed by atoms with Gasteiger partial charge in [-0.15, -0.1) is 0 Å². The monoisotopic (exact) mass is 277 g/mol. The Morgan fingerprint density at radius 2 is 2.20 bits per heavy atom. The Balaban J connectivity index is 1.72. The number of nitrogens with two attached hydrogens (primary N) is 1. The van der Waals surface area contributed by atoms with Crippen molar-refractivity contribution in [1.82, 2.24) is 20.0 Å². The predicted octanol–water partition coefficient (Wildman–Crippen LogP) is -0.0631. The van der Waals surface area contributed by atoms with E-state index < -0.39 is 0 Å². The maximum absolute atomic E-state index is 12.2. The Morgan fingerprint density at radius 3 is 2.75 bits per heavy atom. The van der Waals surface area contributed by atoms with Crippen LogP contribution in [0.15, 0.2) is 12.4 Å². The minimum atomic E-state index is -0.381. The lowest BCUT2D eigenvalue weighted by Gasteiger charge is -2.38. The van der Waals surface area contributed by atoms with Gasteiger partial charge in [0.25, 0.3) is 0 Å². The number of likely N-dealkylation sites (tertiary alicyclic amines) is 1. The molecule has 3 rings (SSSR count). The van der Waals surface area contributed by atoms with E-state index in [-0.39, 0.29) is 23.4 Å². The quantitative estimate of drug-likeness (QED) is 0.753. The molecule has 2 saturated heterocycles. The molecule has 3 N–H and O–H groups in total. The zero-order valence-corrected chi connectivity index (χ0v) is 11.5. The van der Waals surface area contributed by atoms with Crippen LogP contribution in [0.1, 0.15) is 30.7 Å². The van der Waals surface area contributed by atoms with E-state index in [0.717, 1.165) is 24.8 Å². The number of rotatable bonds is 1. The molecule has 1 unspecified atom stereocenters. The number of carbonyl (C=O) groups excluding carboxylic acids is 2. The predicted molar refractivity (Wildman–Crippen MR) is 71.8 cm³/mol. The zero-order valence-electron chi connectivity index (χ0n) is 11.5. The number of hydrogen-bond donors (Lipinski definition) is 2. The molecular weight excluding hydrogens is 258 g/mol. The number of carbonyl (C=O) groups is 2. The van der Waals surface area contributed by atoms with Gasteiger partial charge >= 0.3 is 6.03 Å². The first kappa shape index (κ1) is 13.0. The summed E-state index contributed by atoms with van der Waals surface area (Å²) >= 11 is 0. The highest BCUT2D eigenvalue weighted by molar-refractivity contribution is 5.87. The normalized spacial score (nSPS) is 24.9. The Bertz CT molecular complexity index is 545. The number of aromatic nitrogens is 2. The zero-order chi connectivity index (χ0) is 14.3. The van der Waals surface area contributed by atoms with Crippen molar-refractivity contribution in [2.75, 3.05) is 13.1 Å². The van der Waals surface area contributed by atoms with Crippen LogP contribution in [0, 0.1) is 0 Å². The number of aryl methyl sites for hydroxylation is 1. The Hall–Kier alpha value is -2.05. The van der Waals surface area contributed by atoms with Crippen molar-refractivity contribution in [2.24, 2.45) is 12.8 Å². The first-order valence-electron chi connectivity index (χ1n) is 6.84. The molecule has 1 aromatic rings. The number of nitrogens with zero attached hydrogens (tertiary/aromatic N) is 3. The van der Waals surface area contributed by atoms with Gasteiger partial charge < -0.3 is 16.0 Å². The molecule has 0 aromatic carbocycles.